The second kappa shape index (κ2) is 6.19. The molecule has 0 unspecified atom stereocenters. The number of aromatic nitrogens is 2. The van der Waals surface area contributed by atoms with Crippen LogP contribution < -0.4 is 5.73 Å². The van der Waals surface area contributed by atoms with Crippen LogP contribution in [0.3, 0.4) is 0 Å². The number of anilines is 1. The summed E-state index contributed by atoms with van der Waals surface area (Å²) >= 11 is 1.68. The normalized spacial score (nSPS) is 15.0. The molecule has 6 heteroatoms. The van der Waals surface area contributed by atoms with E-state index in [1.165, 1.54) is 30.8 Å². The lowest BCUT2D eigenvalue weighted by Gasteiger charge is -2.11. The van der Waals surface area contributed by atoms with Crippen molar-refractivity contribution in [3.05, 3.63) is 40.8 Å². The maximum Gasteiger partial charge on any atom is 0.163 e. The summed E-state index contributed by atoms with van der Waals surface area (Å²) in [5, 5.41) is 9.98. The molecule has 120 valence electrons. The van der Waals surface area contributed by atoms with E-state index in [4.69, 9.17) is 11.0 Å². The Balaban J connectivity index is 1.72. The van der Waals surface area contributed by atoms with Gasteiger partial charge in [0.1, 0.15) is 10.6 Å². The summed E-state index contributed by atoms with van der Waals surface area (Å²) in [5.41, 5.74) is 7.57. The first-order valence-corrected chi connectivity index (χ1v) is 8.83. The summed E-state index contributed by atoms with van der Waals surface area (Å²) in [6.07, 6.45) is 2.57. The van der Waals surface area contributed by atoms with Gasteiger partial charge in [0.25, 0.3) is 0 Å². The molecule has 0 amide bonds. The average molecular weight is 335 g/mol. The van der Waals surface area contributed by atoms with Crippen LogP contribution in [0.25, 0.3) is 21.6 Å². The van der Waals surface area contributed by atoms with Crippen LogP contribution in [0, 0.1) is 11.3 Å². The Bertz CT molecular complexity index is 934. The molecular formula is C18H17N5S. The molecule has 1 saturated heterocycles. The molecule has 0 bridgehead atoms. The maximum atomic E-state index is 9.06. The fourth-order valence-corrected chi connectivity index (χ4v) is 4.17. The van der Waals surface area contributed by atoms with Gasteiger partial charge in [-0.15, -0.1) is 11.3 Å². The zero-order valence-corrected chi connectivity index (χ0v) is 14.0. The molecule has 0 spiro atoms. The Morgan fingerprint density at radius 1 is 1.21 bits per heavy atom. The highest BCUT2D eigenvalue weighted by molar-refractivity contribution is 7.18. The second-order valence-electron chi connectivity index (χ2n) is 6.04. The van der Waals surface area contributed by atoms with Gasteiger partial charge in [0.15, 0.2) is 5.82 Å². The third-order valence-electron chi connectivity index (χ3n) is 4.30. The van der Waals surface area contributed by atoms with Crippen molar-refractivity contribution >= 4 is 27.4 Å². The number of nitrogens with zero attached hydrogens (tertiary/aromatic N) is 4. The Morgan fingerprint density at radius 2 is 2.04 bits per heavy atom. The van der Waals surface area contributed by atoms with E-state index in [2.05, 4.69) is 27.0 Å². The molecule has 0 atom stereocenters. The highest BCUT2D eigenvalue weighted by atomic mass is 32.1. The molecule has 0 saturated carbocycles. The highest BCUT2D eigenvalue weighted by Crippen LogP contribution is 2.31. The van der Waals surface area contributed by atoms with Crippen molar-refractivity contribution in [1.29, 1.82) is 5.26 Å². The Labute approximate surface area is 144 Å². The van der Waals surface area contributed by atoms with E-state index in [-0.39, 0.29) is 0 Å². The molecule has 3 heterocycles. The number of hydrogen-bond acceptors (Lipinski definition) is 6. The van der Waals surface area contributed by atoms with Gasteiger partial charge in [-0.05, 0) is 44.1 Å². The van der Waals surface area contributed by atoms with Gasteiger partial charge in [-0.3, -0.25) is 4.90 Å². The lowest BCUT2D eigenvalue weighted by molar-refractivity contribution is 0.334. The van der Waals surface area contributed by atoms with Gasteiger partial charge in [0, 0.05) is 17.0 Å². The van der Waals surface area contributed by atoms with Gasteiger partial charge in [-0.2, -0.15) is 5.26 Å². The topological polar surface area (TPSA) is 78.8 Å². The van der Waals surface area contributed by atoms with Crippen LogP contribution in [0.15, 0.2) is 30.3 Å². The Morgan fingerprint density at radius 3 is 2.83 bits per heavy atom. The highest BCUT2D eigenvalue weighted by Gasteiger charge is 2.16. The Kier molecular flexibility index (Phi) is 3.89. The molecule has 1 aliphatic rings. The molecule has 2 N–H and O–H groups in total. The first kappa shape index (κ1) is 15.1. The van der Waals surface area contributed by atoms with Crippen molar-refractivity contribution in [3.8, 4) is 17.5 Å². The van der Waals surface area contributed by atoms with Crippen LogP contribution >= 0.6 is 11.3 Å². The number of hydrogen-bond donors (Lipinski definition) is 1. The van der Waals surface area contributed by atoms with Crippen molar-refractivity contribution in [2.75, 3.05) is 18.8 Å². The first-order chi connectivity index (χ1) is 11.7. The zero-order chi connectivity index (χ0) is 16.5. The summed E-state index contributed by atoms with van der Waals surface area (Å²) in [5.74, 6) is 1.08. The lowest BCUT2D eigenvalue weighted by atomic mass is 10.1. The number of likely N-dealkylation sites (tertiary alicyclic amines) is 1. The predicted molar refractivity (Wildman–Crippen MR) is 96.5 cm³/mol. The lowest BCUT2D eigenvalue weighted by Crippen LogP contribution is -2.17. The molecule has 1 aliphatic heterocycles. The van der Waals surface area contributed by atoms with E-state index in [0.29, 0.717) is 17.2 Å². The molecule has 3 aromatic rings. The van der Waals surface area contributed by atoms with Crippen LogP contribution in [0.2, 0.25) is 0 Å². The van der Waals surface area contributed by atoms with Gasteiger partial charge in [-0.1, -0.05) is 12.1 Å². The molecule has 0 aliphatic carbocycles. The van der Waals surface area contributed by atoms with E-state index in [1.807, 2.05) is 12.1 Å². The summed E-state index contributed by atoms with van der Waals surface area (Å²) in [6, 6.07) is 11.6. The second-order valence-corrected chi connectivity index (χ2v) is 7.16. The summed E-state index contributed by atoms with van der Waals surface area (Å²) < 4.78 is 0. The number of nitriles is 1. The molecule has 0 radical (unpaired) electrons. The van der Waals surface area contributed by atoms with Crippen molar-refractivity contribution in [2.45, 2.75) is 19.4 Å². The summed E-state index contributed by atoms with van der Waals surface area (Å²) in [7, 11) is 0. The van der Waals surface area contributed by atoms with Gasteiger partial charge < -0.3 is 5.73 Å². The number of thiophene rings is 1. The molecular weight excluding hydrogens is 318 g/mol. The number of rotatable bonds is 3. The van der Waals surface area contributed by atoms with Crippen molar-refractivity contribution < 1.29 is 0 Å². The van der Waals surface area contributed by atoms with E-state index in [1.54, 1.807) is 23.5 Å². The predicted octanol–water partition coefficient (Wildman–Crippen LogP) is 3.41. The van der Waals surface area contributed by atoms with Crippen LogP contribution in [-0.4, -0.2) is 28.0 Å². The van der Waals surface area contributed by atoms with Gasteiger partial charge >= 0.3 is 0 Å². The quantitative estimate of drug-likeness (QED) is 0.793. The number of nitrogens with two attached hydrogens (primary N) is 1. The van der Waals surface area contributed by atoms with E-state index < -0.39 is 0 Å². The third-order valence-corrected chi connectivity index (χ3v) is 5.31. The van der Waals surface area contributed by atoms with Crippen LogP contribution in [-0.2, 0) is 6.54 Å². The van der Waals surface area contributed by atoms with Gasteiger partial charge in [-0.25, -0.2) is 9.97 Å². The largest absolute Gasteiger partial charge is 0.383 e. The van der Waals surface area contributed by atoms with Gasteiger partial charge in [0.05, 0.1) is 17.0 Å². The Hall–Kier alpha value is -2.49. The summed E-state index contributed by atoms with van der Waals surface area (Å²) in [6.45, 7) is 3.29. The fraction of sp³-hybridized carbons (Fsp3) is 0.278. The standard InChI is InChI=1S/C18H17N5S/c19-10-12-4-3-5-13(8-12)17-21-16(20)15-9-14(24-18(15)22-17)11-23-6-1-2-7-23/h3-5,8-9H,1-2,6-7,11H2,(H2,20,21,22). The minimum Gasteiger partial charge on any atom is -0.383 e. The fourth-order valence-electron chi connectivity index (χ4n) is 3.09. The van der Waals surface area contributed by atoms with E-state index in [0.717, 1.165) is 22.3 Å². The van der Waals surface area contributed by atoms with E-state index in [9.17, 15) is 0 Å². The third kappa shape index (κ3) is 2.84. The maximum absolute atomic E-state index is 9.06. The number of fused-ring (bicyclic) bond motifs is 1. The molecule has 5 nitrogen and oxygen atoms in total. The van der Waals surface area contributed by atoms with Crippen LogP contribution in [0.1, 0.15) is 23.3 Å². The van der Waals surface area contributed by atoms with Crippen LogP contribution in [0.4, 0.5) is 5.82 Å². The number of nitrogen functional groups attached to an aromatic ring is 1. The average Bonchev–Trinajstić information content (AvgIpc) is 3.25. The number of benzene rings is 1. The molecule has 2 aromatic heterocycles. The molecule has 1 aromatic carbocycles. The van der Waals surface area contributed by atoms with Gasteiger partial charge in [0.2, 0.25) is 0 Å². The SMILES string of the molecule is N#Cc1cccc(-c2nc(N)c3cc(CN4CCCC4)sc3n2)c1. The smallest absolute Gasteiger partial charge is 0.163 e. The zero-order valence-electron chi connectivity index (χ0n) is 13.2. The van der Waals surface area contributed by atoms with Crippen molar-refractivity contribution in [3.63, 3.8) is 0 Å². The van der Waals surface area contributed by atoms with Crippen molar-refractivity contribution in [2.24, 2.45) is 0 Å². The molecule has 24 heavy (non-hydrogen) atoms. The minimum absolute atomic E-state index is 0.501. The molecule has 1 fully saturated rings. The minimum atomic E-state index is 0.501. The molecule has 4 rings (SSSR count). The van der Waals surface area contributed by atoms with Crippen molar-refractivity contribution in [1.82, 2.24) is 14.9 Å². The first-order valence-electron chi connectivity index (χ1n) is 8.02. The summed E-state index contributed by atoms with van der Waals surface area (Å²) in [4.78, 5) is 13.8. The van der Waals surface area contributed by atoms with Crippen LogP contribution in [0.5, 0.6) is 0 Å². The van der Waals surface area contributed by atoms with E-state index >= 15 is 0 Å². The monoisotopic (exact) mass is 335 g/mol.